The molecular formula is C23H25ClN2O. The molecule has 4 heteroatoms. The second kappa shape index (κ2) is 7.40. The quantitative estimate of drug-likeness (QED) is 0.695. The number of fused-ring (bicyclic) bond motifs is 3. The third kappa shape index (κ3) is 3.25. The van der Waals surface area contributed by atoms with Crippen molar-refractivity contribution in [2.45, 2.75) is 32.2 Å². The van der Waals surface area contributed by atoms with Gasteiger partial charge in [0.15, 0.2) is 0 Å². The van der Waals surface area contributed by atoms with E-state index in [-0.39, 0.29) is 11.9 Å². The smallest absolute Gasteiger partial charge is 0.253 e. The van der Waals surface area contributed by atoms with Crippen molar-refractivity contribution < 1.29 is 4.79 Å². The number of hydrogen-bond acceptors (Lipinski definition) is 2. The van der Waals surface area contributed by atoms with Crippen LogP contribution in [0, 0.1) is 5.92 Å². The highest BCUT2D eigenvalue weighted by Gasteiger charge is 2.38. The summed E-state index contributed by atoms with van der Waals surface area (Å²) in [6, 6.07) is 14.5. The van der Waals surface area contributed by atoms with Crippen LogP contribution < -0.4 is 5.32 Å². The minimum atomic E-state index is 0.112. The zero-order valence-electron chi connectivity index (χ0n) is 15.8. The summed E-state index contributed by atoms with van der Waals surface area (Å²) in [5, 5.41) is 4.48. The average Bonchev–Trinajstić information content (AvgIpc) is 3.19. The van der Waals surface area contributed by atoms with Crippen LogP contribution in [0.15, 0.2) is 54.6 Å². The Hall–Kier alpha value is -2.26. The predicted molar refractivity (Wildman–Crippen MR) is 111 cm³/mol. The highest BCUT2D eigenvalue weighted by Crippen LogP contribution is 2.50. The van der Waals surface area contributed by atoms with Crippen LogP contribution in [0.3, 0.4) is 0 Å². The molecule has 1 aliphatic heterocycles. The normalized spacial score (nSPS) is 22.7. The molecule has 0 spiro atoms. The fraction of sp³-hybridized carbons (Fsp3) is 0.348. The molecular weight excluding hydrogens is 356 g/mol. The van der Waals surface area contributed by atoms with E-state index in [9.17, 15) is 4.79 Å². The zero-order valence-corrected chi connectivity index (χ0v) is 16.5. The number of benzene rings is 2. The summed E-state index contributed by atoms with van der Waals surface area (Å²) in [5.74, 6) is 0.907. The van der Waals surface area contributed by atoms with Crippen LogP contribution in [0.5, 0.6) is 0 Å². The zero-order chi connectivity index (χ0) is 19.0. The second-order valence-electron chi connectivity index (χ2n) is 7.31. The second-order valence-corrected chi connectivity index (χ2v) is 7.74. The van der Waals surface area contributed by atoms with Crippen LogP contribution in [0.4, 0.5) is 5.69 Å². The Morgan fingerprint density at radius 2 is 1.89 bits per heavy atom. The average molecular weight is 381 g/mol. The molecule has 0 saturated carbocycles. The first-order valence-electron chi connectivity index (χ1n) is 9.74. The van der Waals surface area contributed by atoms with Gasteiger partial charge in [0, 0.05) is 35.3 Å². The van der Waals surface area contributed by atoms with Crippen LogP contribution in [0.2, 0.25) is 5.02 Å². The van der Waals surface area contributed by atoms with Crippen molar-refractivity contribution in [3.8, 4) is 0 Å². The lowest BCUT2D eigenvalue weighted by atomic mass is 9.76. The maximum Gasteiger partial charge on any atom is 0.253 e. The monoisotopic (exact) mass is 380 g/mol. The van der Waals surface area contributed by atoms with Gasteiger partial charge in [0.2, 0.25) is 0 Å². The van der Waals surface area contributed by atoms with Gasteiger partial charge in [0.05, 0.1) is 6.04 Å². The molecule has 1 heterocycles. The number of anilines is 1. The minimum Gasteiger partial charge on any atom is -0.378 e. The van der Waals surface area contributed by atoms with Gasteiger partial charge in [-0.15, -0.1) is 0 Å². The van der Waals surface area contributed by atoms with Gasteiger partial charge >= 0.3 is 0 Å². The molecule has 0 unspecified atom stereocenters. The van der Waals surface area contributed by atoms with Crippen molar-refractivity contribution in [2.24, 2.45) is 5.92 Å². The van der Waals surface area contributed by atoms with Crippen molar-refractivity contribution in [2.75, 3.05) is 18.4 Å². The number of allylic oxidation sites excluding steroid dienone is 2. The van der Waals surface area contributed by atoms with Gasteiger partial charge in [0.25, 0.3) is 5.91 Å². The molecule has 0 radical (unpaired) electrons. The highest BCUT2D eigenvalue weighted by atomic mass is 35.5. The molecule has 27 heavy (non-hydrogen) atoms. The minimum absolute atomic E-state index is 0.112. The molecule has 1 N–H and O–H groups in total. The summed E-state index contributed by atoms with van der Waals surface area (Å²) in [4.78, 5) is 14.6. The van der Waals surface area contributed by atoms with Crippen molar-refractivity contribution in [1.82, 2.24) is 4.90 Å². The molecule has 2 aromatic rings. The third-order valence-electron chi connectivity index (χ3n) is 5.89. The number of halogens is 1. The molecule has 140 valence electrons. The van der Waals surface area contributed by atoms with E-state index in [2.05, 4.69) is 41.7 Å². The summed E-state index contributed by atoms with van der Waals surface area (Å²) in [6.07, 6.45) is 5.62. The number of rotatable bonds is 4. The molecule has 4 rings (SSSR count). The molecule has 1 aliphatic carbocycles. The van der Waals surface area contributed by atoms with Gasteiger partial charge in [-0.25, -0.2) is 0 Å². The fourth-order valence-corrected chi connectivity index (χ4v) is 4.55. The number of amides is 1. The lowest BCUT2D eigenvalue weighted by Crippen LogP contribution is -2.32. The van der Waals surface area contributed by atoms with Crippen molar-refractivity contribution in [3.05, 3.63) is 76.3 Å². The van der Waals surface area contributed by atoms with Crippen molar-refractivity contribution >= 4 is 23.2 Å². The van der Waals surface area contributed by atoms with Gasteiger partial charge in [-0.2, -0.15) is 0 Å². The Labute approximate surface area is 166 Å². The first-order valence-corrected chi connectivity index (χ1v) is 10.1. The van der Waals surface area contributed by atoms with E-state index in [1.165, 1.54) is 11.1 Å². The molecule has 3 atom stereocenters. The Kier molecular flexibility index (Phi) is 4.96. The van der Waals surface area contributed by atoms with Gasteiger partial charge < -0.3 is 10.2 Å². The maximum atomic E-state index is 12.8. The number of hydrogen-bond donors (Lipinski definition) is 1. The lowest BCUT2D eigenvalue weighted by molar-refractivity contribution is 0.0773. The van der Waals surface area contributed by atoms with Crippen LogP contribution >= 0.6 is 11.6 Å². The van der Waals surface area contributed by atoms with E-state index < -0.39 is 0 Å². The molecule has 1 amide bonds. The van der Waals surface area contributed by atoms with E-state index in [1.54, 1.807) is 0 Å². The van der Waals surface area contributed by atoms with E-state index in [1.807, 2.05) is 36.9 Å². The number of nitrogens with zero attached hydrogens (tertiary/aromatic N) is 1. The molecule has 2 aromatic carbocycles. The molecule has 0 aromatic heterocycles. The summed E-state index contributed by atoms with van der Waals surface area (Å²) >= 11 is 6.07. The number of carbonyl (C=O) groups excluding carboxylic acids is 1. The van der Waals surface area contributed by atoms with E-state index in [4.69, 9.17) is 11.6 Å². The Balaban J connectivity index is 1.69. The summed E-state index contributed by atoms with van der Waals surface area (Å²) in [5.41, 5.74) is 4.39. The van der Waals surface area contributed by atoms with Crippen molar-refractivity contribution in [3.63, 3.8) is 0 Å². The van der Waals surface area contributed by atoms with Crippen molar-refractivity contribution in [1.29, 1.82) is 0 Å². The summed E-state index contributed by atoms with van der Waals surface area (Å²) in [6.45, 7) is 5.51. The predicted octanol–water partition coefficient (Wildman–Crippen LogP) is 5.65. The lowest BCUT2D eigenvalue weighted by Gasteiger charge is -2.38. The van der Waals surface area contributed by atoms with Gasteiger partial charge in [-0.05, 0) is 67.6 Å². The molecule has 0 bridgehead atoms. The first-order chi connectivity index (χ1) is 13.1. The van der Waals surface area contributed by atoms with Gasteiger partial charge in [-0.1, -0.05) is 35.9 Å². The Morgan fingerprint density at radius 3 is 2.59 bits per heavy atom. The summed E-state index contributed by atoms with van der Waals surface area (Å²) in [7, 11) is 0. The van der Waals surface area contributed by atoms with Gasteiger partial charge in [0.1, 0.15) is 0 Å². The van der Waals surface area contributed by atoms with E-state index >= 15 is 0 Å². The molecule has 2 aliphatic rings. The van der Waals surface area contributed by atoms with E-state index in [0.717, 1.165) is 35.8 Å². The van der Waals surface area contributed by atoms with E-state index in [0.29, 0.717) is 11.8 Å². The Morgan fingerprint density at radius 1 is 1.15 bits per heavy atom. The largest absolute Gasteiger partial charge is 0.378 e. The molecule has 0 fully saturated rings. The third-order valence-corrected chi connectivity index (χ3v) is 6.14. The van der Waals surface area contributed by atoms with Crippen LogP contribution in [-0.4, -0.2) is 23.9 Å². The number of carbonyl (C=O) groups is 1. The molecule has 3 nitrogen and oxygen atoms in total. The standard InChI is InChI=1S/C23H25ClN2O/c1-3-26(4-2)23(27)16-10-13-21-20(14-16)18-6-5-7-19(18)22(25-21)15-8-11-17(24)12-9-15/h5-6,8-14,18-19,22,25H,3-4,7H2,1-2H3/t18-,19-,22-/m0/s1. The highest BCUT2D eigenvalue weighted by molar-refractivity contribution is 6.30. The fourth-order valence-electron chi connectivity index (χ4n) is 4.42. The summed E-state index contributed by atoms with van der Waals surface area (Å²) < 4.78 is 0. The SMILES string of the molecule is CCN(CC)C(=O)c1ccc2c(c1)[C@H]1C=CC[C@@H]1[C@H](c1ccc(Cl)cc1)N2. The number of nitrogens with one attached hydrogen (secondary N) is 1. The molecule has 0 saturated heterocycles. The Bertz CT molecular complexity index is 870. The van der Waals surface area contributed by atoms with Gasteiger partial charge in [-0.3, -0.25) is 4.79 Å². The maximum absolute atomic E-state index is 12.8. The van der Waals surface area contributed by atoms with Crippen LogP contribution in [0.1, 0.15) is 53.7 Å². The van der Waals surface area contributed by atoms with Crippen LogP contribution in [-0.2, 0) is 0 Å². The first kappa shape index (κ1) is 18.1. The topological polar surface area (TPSA) is 32.3 Å². The van der Waals surface area contributed by atoms with Crippen LogP contribution in [0.25, 0.3) is 0 Å².